The molecule has 2 fully saturated rings. The lowest BCUT2D eigenvalue weighted by Crippen LogP contribution is -2.47. The zero-order valence-corrected chi connectivity index (χ0v) is 20.6. The van der Waals surface area contributed by atoms with Crippen LogP contribution in [0.4, 0.5) is 4.39 Å². The van der Waals surface area contributed by atoms with Gasteiger partial charge in [0.15, 0.2) is 5.65 Å². The number of rotatable bonds is 8. The second kappa shape index (κ2) is 9.72. The minimum Gasteiger partial charge on any atom is -0.493 e. The lowest BCUT2D eigenvalue weighted by Gasteiger charge is -2.38. The van der Waals surface area contributed by atoms with Crippen LogP contribution in [0, 0.1) is 11.7 Å². The topological polar surface area (TPSA) is 85.4 Å². The van der Waals surface area contributed by atoms with E-state index in [1.165, 1.54) is 42.1 Å². The Labute approximate surface area is 213 Å². The Morgan fingerprint density at radius 2 is 1.89 bits per heavy atom. The minimum absolute atomic E-state index is 0.175. The standard InChI is InChI=1S/C28H30FN5O3/c29-22-8-6-20(7-9-22)16-32-12-10-28(36,11-13-32)18-33-19-30-26-25(27(33)35)15-31-34(26)23-2-1-3-24(14-23)37-17-21-4-5-21/h1-3,6-9,14-15,19,21,36H,4-5,10-13,16-18H2. The monoisotopic (exact) mass is 503 g/mol. The molecule has 0 atom stereocenters. The predicted octanol–water partition coefficient (Wildman–Crippen LogP) is 3.54. The van der Waals surface area contributed by atoms with E-state index in [1.807, 2.05) is 24.3 Å². The van der Waals surface area contributed by atoms with E-state index in [9.17, 15) is 14.3 Å². The van der Waals surface area contributed by atoms with Gasteiger partial charge < -0.3 is 9.84 Å². The highest BCUT2D eigenvalue weighted by Crippen LogP contribution is 2.30. The number of benzene rings is 2. The van der Waals surface area contributed by atoms with Crippen molar-refractivity contribution in [3.05, 3.63) is 82.8 Å². The van der Waals surface area contributed by atoms with Crippen LogP contribution in [0.5, 0.6) is 5.75 Å². The summed E-state index contributed by atoms with van der Waals surface area (Å²) in [6.07, 6.45) is 6.55. The molecule has 8 nitrogen and oxygen atoms in total. The van der Waals surface area contributed by atoms with E-state index in [0.717, 1.165) is 23.6 Å². The van der Waals surface area contributed by atoms with Crippen molar-refractivity contribution < 1.29 is 14.2 Å². The van der Waals surface area contributed by atoms with E-state index in [1.54, 1.807) is 16.8 Å². The summed E-state index contributed by atoms with van der Waals surface area (Å²) in [5.41, 5.74) is 1.07. The number of piperidine rings is 1. The average Bonchev–Trinajstić information content (AvgIpc) is 3.64. The fourth-order valence-electron chi connectivity index (χ4n) is 4.90. The number of halogens is 1. The maximum atomic E-state index is 13.3. The minimum atomic E-state index is -0.998. The van der Waals surface area contributed by atoms with Gasteiger partial charge in [0, 0.05) is 25.7 Å². The fourth-order valence-corrected chi connectivity index (χ4v) is 4.90. The number of likely N-dealkylation sites (tertiary alicyclic amines) is 1. The molecule has 0 spiro atoms. The first-order valence-electron chi connectivity index (χ1n) is 12.8. The molecule has 0 bridgehead atoms. The first-order valence-corrected chi connectivity index (χ1v) is 12.8. The number of nitrogens with zero attached hydrogens (tertiary/aromatic N) is 5. The molecule has 2 aromatic heterocycles. The summed E-state index contributed by atoms with van der Waals surface area (Å²) in [5, 5.41) is 16.1. The molecule has 0 radical (unpaired) electrons. The van der Waals surface area contributed by atoms with Crippen molar-refractivity contribution in [1.29, 1.82) is 0 Å². The second-order valence-electron chi connectivity index (χ2n) is 10.3. The zero-order valence-electron chi connectivity index (χ0n) is 20.6. The van der Waals surface area contributed by atoms with Gasteiger partial charge in [0.2, 0.25) is 0 Å². The molecule has 1 saturated heterocycles. The van der Waals surface area contributed by atoms with Crippen LogP contribution >= 0.6 is 0 Å². The molecular weight excluding hydrogens is 473 g/mol. The Morgan fingerprint density at radius 1 is 1.11 bits per heavy atom. The first kappa shape index (κ1) is 23.8. The quantitative estimate of drug-likeness (QED) is 0.396. The third-order valence-corrected chi connectivity index (χ3v) is 7.37. The molecule has 192 valence electrons. The second-order valence-corrected chi connectivity index (χ2v) is 10.3. The molecule has 1 aliphatic carbocycles. The SMILES string of the molecule is O=c1c2cnn(-c3cccc(OCC4CC4)c3)c2ncn1CC1(O)CCN(Cc2ccc(F)cc2)CC1. The van der Waals surface area contributed by atoms with E-state index in [0.29, 0.717) is 49.4 Å². The number of fused-ring (bicyclic) bond motifs is 1. The van der Waals surface area contributed by atoms with Crippen LogP contribution in [-0.2, 0) is 13.1 Å². The lowest BCUT2D eigenvalue weighted by atomic mass is 9.91. The number of aliphatic hydroxyl groups is 1. The van der Waals surface area contributed by atoms with Crippen LogP contribution in [0.2, 0.25) is 0 Å². The fraction of sp³-hybridized carbons (Fsp3) is 0.393. The molecule has 2 aromatic carbocycles. The van der Waals surface area contributed by atoms with Crippen molar-refractivity contribution in [2.75, 3.05) is 19.7 Å². The van der Waals surface area contributed by atoms with Crippen molar-refractivity contribution in [1.82, 2.24) is 24.2 Å². The average molecular weight is 504 g/mol. The van der Waals surface area contributed by atoms with Gasteiger partial charge in [-0.15, -0.1) is 0 Å². The van der Waals surface area contributed by atoms with Gasteiger partial charge in [0.25, 0.3) is 5.56 Å². The lowest BCUT2D eigenvalue weighted by molar-refractivity contribution is -0.0364. The number of aromatic nitrogens is 4. The van der Waals surface area contributed by atoms with Gasteiger partial charge in [0.05, 0.1) is 30.6 Å². The van der Waals surface area contributed by atoms with Crippen LogP contribution in [0.1, 0.15) is 31.2 Å². The Kier molecular flexibility index (Phi) is 6.26. The van der Waals surface area contributed by atoms with Gasteiger partial charge in [-0.3, -0.25) is 14.3 Å². The summed E-state index contributed by atoms with van der Waals surface area (Å²) in [5.74, 6) is 1.19. The largest absolute Gasteiger partial charge is 0.493 e. The van der Waals surface area contributed by atoms with E-state index >= 15 is 0 Å². The summed E-state index contributed by atoms with van der Waals surface area (Å²) in [7, 11) is 0. The van der Waals surface area contributed by atoms with Crippen molar-refractivity contribution in [3.8, 4) is 11.4 Å². The predicted molar refractivity (Wildman–Crippen MR) is 137 cm³/mol. The molecule has 1 N–H and O–H groups in total. The summed E-state index contributed by atoms with van der Waals surface area (Å²) < 4.78 is 22.2. The highest BCUT2D eigenvalue weighted by Gasteiger charge is 2.33. The smallest absolute Gasteiger partial charge is 0.264 e. The van der Waals surface area contributed by atoms with Crippen molar-refractivity contribution in [3.63, 3.8) is 0 Å². The molecule has 37 heavy (non-hydrogen) atoms. The zero-order chi connectivity index (χ0) is 25.4. The van der Waals surface area contributed by atoms with Gasteiger partial charge in [-0.2, -0.15) is 5.10 Å². The molecule has 0 unspecified atom stereocenters. The van der Waals surface area contributed by atoms with Crippen molar-refractivity contribution in [2.45, 2.75) is 44.4 Å². The van der Waals surface area contributed by atoms with Crippen LogP contribution in [0.3, 0.4) is 0 Å². The van der Waals surface area contributed by atoms with E-state index in [2.05, 4.69) is 15.0 Å². The number of hydrogen-bond acceptors (Lipinski definition) is 6. The van der Waals surface area contributed by atoms with Gasteiger partial charge in [-0.1, -0.05) is 18.2 Å². The molecule has 3 heterocycles. The highest BCUT2D eigenvalue weighted by molar-refractivity contribution is 5.75. The Hall–Kier alpha value is -3.56. The van der Waals surface area contributed by atoms with Gasteiger partial charge in [-0.05, 0) is 61.4 Å². The van der Waals surface area contributed by atoms with Crippen LogP contribution in [0.15, 0.2) is 65.8 Å². The molecule has 4 aromatic rings. The molecule has 2 aliphatic rings. The Balaban J connectivity index is 1.15. The molecule has 1 saturated carbocycles. The summed E-state index contributed by atoms with van der Waals surface area (Å²) in [4.78, 5) is 20.0. The normalized spacial score (nSPS) is 17.8. The van der Waals surface area contributed by atoms with E-state index < -0.39 is 5.60 Å². The Morgan fingerprint density at radius 3 is 2.65 bits per heavy atom. The van der Waals surface area contributed by atoms with E-state index in [-0.39, 0.29) is 17.9 Å². The maximum absolute atomic E-state index is 13.3. The molecular formula is C28H30FN5O3. The Bertz CT molecular complexity index is 1450. The number of hydrogen-bond donors (Lipinski definition) is 1. The van der Waals surface area contributed by atoms with Crippen molar-refractivity contribution >= 4 is 11.0 Å². The third kappa shape index (κ3) is 5.28. The van der Waals surface area contributed by atoms with Crippen LogP contribution in [-0.4, -0.2) is 54.6 Å². The molecule has 9 heteroatoms. The van der Waals surface area contributed by atoms with Crippen molar-refractivity contribution in [2.24, 2.45) is 5.92 Å². The number of ether oxygens (including phenoxy) is 1. The molecule has 6 rings (SSSR count). The van der Waals surface area contributed by atoms with Gasteiger partial charge in [0.1, 0.15) is 23.3 Å². The first-order chi connectivity index (χ1) is 18.0. The summed E-state index contributed by atoms with van der Waals surface area (Å²) in [6, 6.07) is 14.1. The summed E-state index contributed by atoms with van der Waals surface area (Å²) in [6.45, 7) is 2.98. The van der Waals surface area contributed by atoms with E-state index in [4.69, 9.17) is 4.74 Å². The highest BCUT2D eigenvalue weighted by atomic mass is 19.1. The van der Waals surface area contributed by atoms with Crippen LogP contribution < -0.4 is 10.3 Å². The third-order valence-electron chi connectivity index (χ3n) is 7.37. The molecule has 1 aliphatic heterocycles. The van der Waals surface area contributed by atoms with Crippen LogP contribution in [0.25, 0.3) is 16.7 Å². The maximum Gasteiger partial charge on any atom is 0.264 e. The molecule has 0 amide bonds. The van der Waals surface area contributed by atoms with Gasteiger partial charge in [-0.25, -0.2) is 14.1 Å². The summed E-state index contributed by atoms with van der Waals surface area (Å²) >= 11 is 0. The van der Waals surface area contributed by atoms with Gasteiger partial charge >= 0.3 is 0 Å².